The third-order valence-corrected chi connectivity index (χ3v) is 4.85. The smallest absolute Gasteiger partial charge is 0.229 e. The summed E-state index contributed by atoms with van der Waals surface area (Å²) in [6.45, 7) is 1.82. The Kier molecular flexibility index (Phi) is 5.54. The minimum Gasteiger partial charge on any atom is -0.456 e. The van der Waals surface area contributed by atoms with Crippen molar-refractivity contribution in [2.75, 3.05) is 23.3 Å². The highest BCUT2D eigenvalue weighted by Gasteiger charge is 2.17. The summed E-state index contributed by atoms with van der Waals surface area (Å²) in [7, 11) is 0. The summed E-state index contributed by atoms with van der Waals surface area (Å²) in [4.78, 5) is 11.2. The normalized spacial score (nSPS) is 14.3. The van der Waals surface area contributed by atoms with E-state index in [9.17, 15) is 5.26 Å². The molecule has 0 aliphatic carbocycles. The van der Waals surface area contributed by atoms with Gasteiger partial charge in [0.15, 0.2) is 0 Å². The van der Waals surface area contributed by atoms with Gasteiger partial charge < -0.3 is 20.7 Å². The van der Waals surface area contributed by atoms with Gasteiger partial charge in [0.25, 0.3) is 0 Å². The van der Waals surface area contributed by atoms with Crippen LogP contribution in [-0.2, 0) is 0 Å². The van der Waals surface area contributed by atoms with Crippen molar-refractivity contribution in [1.82, 2.24) is 9.97 Å². The zero-order chi connectivity index (χ0) is 20.1. The molecule has 0 bridgehead atoms. The van der Waals surface area contributed by atoms with Crippen LogP contribution in [-0.4, -0.2) is 29.1 Å². The van der Waals surface area contributed by atoms with Crippen molar-refractivity contribution in [3.05, 3.63) is 66.4 Å². The van der Waals surface area contributed by atoms with Crippen LogP contribution in [0.2, 0.25) is 0 Å². The Morgan fingerprint density at radius 3 is 2.59 bits per heavy atom. The molecule has 0 atom stereocenters. The number of para-hydroxylation sites is 1. The summed E-state index contributed by atoms with van der Waals surface area (Å²) in [6.07, 6.45) is 3.71. The molecule has 1 saturated heterocycles. The molecule has 1 aliphatic heterocycles. The highest BCUT2D eigenvalue weighted by atomic mass is 16.5. The standard InChI is InChI=1S/C22H22N6O/c23-15-16-3-1-2-4-20(16)29-19-7-5-18(6-8-19)26-22-25-12-9-21(27-22)28-13-10-17(24)11-14-28/h1-9,12,17H,10-11,13-14,24H2,(H,25,26,27). The molecule has 1 aromatic heterocycles. The monoisotopic (exact) mass is 386 g/mol. The molecule has 4 rings (SSSR count). The summed E-state index contributed by atoms with van der Waals surface area (Å²) in [5.41, 5.74) is 7.34. The van der Waals surface area contributed by atoms with E-state index in [2.05, 4.69) is 26.3 Å². The van der Waals surface area contributed by atoms with Gasteiger partial charge in [-0.2, -0.15) is 10.2 Å². The second-order valence-electron chi connectivity index (χ2n) is 6.92. The molecule has 0 unspecified atom stereocenters. The third kappa shape index (κ3) is 4.62. The Hall–Kier alpha value is -3.63. The van der Waals surface area contributed by atoms with Crippen LogP contribution in [0.15, 0.2) is 60.8 Å². The lowest BCUT2D eigenvalue weighted by Crippen LogP contribution is -2.40. The first kappa shape index (κ1) is 18.7. The van der Waals surface area contributed by atoms with Crippen molar-refractivity contribution in [2.24, 2.45) is 5.73 Å². The van der Waals surface area contributed by atoms with E-state index in [4.69, 9.17) is 10.5 Å². The van der Waals surface area contributed by atoms with Gasteiger partial charge in [-0.3, -0.25) is 0 Å². The van der Waals surface area contributed by atoms with Crippen LogP contribution in [0.25, 0.3) is 0 Å². The van der Waals surface area contributed by atoms with Crippen molar-refractivity contribution in [2.45, 2.75) is 18.9 Å². The molecule has 2 heterocycles. The van der Waals surface area contributed by atoms with Crippen LogP contribution in [0.5, 0.6) is 11.5 Å². The van der Waals surface area contributed by atoms with Gasteiger partial charge in [0.2, 0.25) is 5.95 Å². The number of hydrogen-bond acceptors (Lipinski definition) is 7. The first-order valence-corrected chi connectivity index (χ1v) is 9.59. The van der Waals surface area contributed by atoms with Crippen molar-refractivity contribution in [1.29, 1.82) is 5.26 Å². The summed E-state index contributed by atoms with van der Waals surface area (Å²) >= 11 is 0. The quantitative estimate of drug-likeness (QED) is 0.687. The number of aromatic nitrogens is 2. The van der Waals surface area contributed by atoms with Crippen LogP contribution >= 0.6 is 0 Å². The van der Waals surface area contributed by atoms with E-state index in [0.717, 1.165) is 37.4 Å². The lowest BCUT2D eigenvalue weighted by Gasteiger charge is -2.31. The molecule has 1 aliphatic rings. The van der Waals surface area contributed by atoms with Crippen molar-refractivity contribution >= 4 is 17.5 Å². The minimum absolute atomic E-state index is 0.284. The van der Waals surface area contributed by atoms with E-state index >= 15 is 0 Å². The van der Waals surface area contributed by atoms with E-state index in [-0.39, 0.29) is 6.04 Å². The molecule has 7 heteroatoms. The number of nitriles is 1. The molecular formula is C22H22N6O. The van der Waals surface area contributed by atoms with E-state index in [1.165, 1.54) is 0 Å². The molecule has 2 aromatic carbocycles. The zero-order valence-corrected chi connectivity index (χ0v) is 16.0. The lowest BCUT2D eigenvalue weighted by atomic mass is 10.1. The number of hydrogen-bond donors (Lipinski definition) is 2. The summed E-state index contributed by atoms with van der Waals surface area (Å²) in [6, 6.07) is 18.9. The number of rotatable bonds is 5. The number of nitrogens with two attached hydrogens (primary N) is 1. The average molecular weight is 386 g/mol. The minimum atomic E-state index is 0.284. The lowest BCUT2D eigenvalue weighted by molar-refractivity contribution is 0.481. The van der Waals surface area contributed by atoms with Crippen molar-refractivity contribution in [3.8, 4) is 17.6 Å². The molecule has 7 nitrogen and oxygen atoms in total. The topological polar surface area (TPSA) is 100 Å². The fourth-order valence-corrected chi connectivity index (χ4v) is 3.22. The Labute approximate surface area is 169 Å². The number of anilines is 3. The molecular weight excluding hydrogens is 364 g/mol. The van der Waals surface area contributed by atoms with E-state index in [0.29, 0.717) is 23.0 Å². The van der Waals surface area contributed by atoms with Gasteiger partial charge in [0.1, 0.15) is 23.4 Å². The maximum absolute atomic E-state index is 9.17. The van der Waals surface area contributed by atoms with Crippen LogP contribution in [0, 0.1) is 11.3 Å². The van der Waals surface area contributed by atoms with Crippen LogP contribution in [0.3, 0.4) is 0 Å². The Morgan fingerprint density at radius 2 is 1.83 bits per heavy atom. The van der Waals surface area contributed by atoms with Gasteiger partial charge >= 0.3 is 0 Å². The average Bonchev–Trinajstić information content (AvgIpc) is 2.76. The molecule has 0 amide bonds. The SMILES string of the molecule is N#Cc1ccccc1Oc1ccc(Nc2nccc(N3CCC(N)CC3)n2)cc1. The van der Waals surface area contributed by atoms with Gasteiger partial charge in [-0.1, -0.05) is 12.1 Å². The molecule has 0 radical (unpaired) electrons. The molecule has 29 heavy (non-hydrogen) atoms. The Morgan fingerprint density at radius 1 is 1.07 bits per heavy atom. The highest BCUT2D eigenvalue weighted by Crippen LogP contribution is 2.26. The summed E-state index contributed by atoms with van der Waals surface area (Å²) in [5.74, 6) is 2.63. The second kappa shape index (κ2) is 8.59. The maximum atomic E-state index is 9.17. The van der Waals surface area contributed by atoms with Gasteiger partial charge in [0.05, 0.1) is 5.56 Å². The predicted octanol–water partition coefficient (Wildman–Crippen LogP) is 3.81. The van der Waals surface area contributed by atoms with E-state index in [1.54, 1.807) is 18.3 Å². The molecule has 3 N–H and O–H groups in total. The number of nitrogens with zero attached hydrogens (tertiary/aromatic N) is 4. The van der Waals surface area contributed by atoms with Crippen LogP contribution in [0.4, 0.5) is 17.5 Å². The Balaban J connectivity index is 1.43. The predicted molar refractivity (Wildman–Crippen MR) is 112 cm³/mol. The largest absolute Gasteiger partial charge is 0.456 e. The molecule has 0 saturated carbocycles. The fourth-order valence-electron chi connectivity index (χ4n) is 3.22. The summed E-state index contributed by atoms with van der Waals surface area (Å²) in [5, 5.41) is 12.4. The van der Waals surface area contributed by atoms with Crippen LogP contribution in [0.1, 0.15) is 18.4 Å². The molecule has 3 aromatic rings. The Bertz CT molecular complexity index is 1010. The van der Waals surface area contributed by atoms with Gasteiger partial charge in [0, 0.05) is 31.0 Å². The number of ether oxygens (including phenoxy) is 1. The second-order valence-corrected chi connectivity index (χ2v) is 6.92. The highest BCUT2D eigenvalue weighted by molar-refractivity contribution is 5.57. The molecule has 1 fully saturated rings. The van der Waals surface area contributed by atoms with E-state index < -0.39 is 0 Å². The van der Waals surface area contributed by atoms with E-state index in [1.807, 2.05) is 42.5 Å². The number of benzene rings is 2. The number of nitrogens with one attached hydrogen (secondary N) is 1. The maximum Gasteiger partial charge on any atom is 0.229 e. The van der Waals surface area contributed by atoms with Crippen LogP contribution < -0.4 is 20.7 Å². The third-order valence-electron chi connectivity index (χ3n) is 4.85. The molecule has 146 valence electrons. The number of piperidine rings is 1. The van der Waals surface area contributed by atoms with Gasteiger partial charge in [-0.15, -0.1) is 0 Å². The summed E-state index contributed by atoms with van der Waals surface area (Å²) < 4.78 is 5.81. The first-order valence-electron chi connectivity index (χ1n) is 9.59. The fraction of sp³-hybridized carbons (Fsp3) is 0.227. The molecule has 0 spiro atoms. The van der Waals surface area contributed by atoms with Gasteiger partial charge in [-0.05, 0) is 55.3 Å². The zero-order valence-electron chi connectivity index (χ0n) is 16.0. The van der Waals surface area contributed by atoms with Crippen molar-refractivity contribution in [3.63, 3.8) is 0 Å². The first-order chi connectivity index (χ1) is 14.2. The van der Waals surface area contributed by atoms with Gasteiger partial charge in [-0.25, -0.2) is 4.98 Å². The van der Waals surface area contributed by atoms with Crippen molar-refractivity contribution < 1.29 is 4.74 Å².